The van der Waals surface area contributed by atoms with Gasteiger partial charge >= 0.3 is 0 Å². The highest BCUT2D eigenvalue weighted by atomic mass is 35.5. The fraction of sp³-hybridized carbons (Fsp3) is 0.278. The number of sulfone groups is 1. The molecule has 0 aromatic heterocycles. The predicted molar refractivity (Wildman–Crippen MR) is 105 cm³/mol. The van der Waals surface area contributed by atoms with E-state index >= 15 is 0 Å². The molecule has 0 spiro atoms. The maximum Gasteiger partial charge on any atom is 0.164 e. The van der Waals surface area contributed by atoms with E-state index in [0.29, 0.717) is 16.5 Å². The molecule has 0 N–H and O–H groups in total. The van der Waals surface area contributed by atoms with Gasteiger partial charge in [-0.1, -0.05) is 29.4 Å². The van der Waals surface area contributed by atoms with Crippen LogP contribution in [0.4, 0.5) is 18.9 Å². The maximum atomic E-state index is 14.4. The first-order valence-electron chi connectivity index (χ1n) is 8.33. The Morgan fingerprint density at radius 3 is 2.54 bits per heavy atom. The molecule has 2 heterocycles. The molecular formula is C18H14ClF3N2O2S2. The van der Waals surface area contributed by atoms with Crippen molar-refractivity contribution in [2.24, 2.45) is 4.99 Å². The molecule has 0 bridgehead atoms. The van der Waals surface area contributed by atoms with Crippen molar-refractivity contribution in [3.05, 3.63) is 64.4 Å². The molecule has 10 heteroatoms. The summed E-state index contributed by atoms with van der Waals surface area (Å²) >= 11 is 7.30. The summed E-state index contributed by atoms with van der Waals surface area (Å²) in [5.74, 6) is -1.90. The molecule has 28 heavy (non-hydrogen) atoms. The lowest BCUT2D eigenvalue weighted by atomic mass is 10.1. The number of thioether (sulfide) groups is 1. The number of rotatable bonds is 3. The number of halogens is 4. The number of fused-ring (bicyclic) bond motifs is 1. The van der Waals surface area contributed by atoms with E-state index in [1.165, 1.54) is 34.9 Å². The summed E-state index contributed by atoms with van der Waals surface area (Å²) in [5.41, 5.74) is 0.738. The second-order valence-corrected chi connectivity index (χ2v) is 10.1. The highest BCUT2D eigenvalue weighted by Crippen LogP contribution is 2.37. The lowest BCUT2D eigenvalue weighted by Crippen LogP contribution is -2.39. The first kappa shape index (κ1) is 19.6. The van der Waals surface area contributed by atoms with Crippen LogP contribution in [0.5, 0.6) is 0 Å². The van der Waals surface area contributed by atoms with Crippen molar-refractivity contribution in [3.63, 3.8) is 0 Å². The van der Waals surface area contributed by atoms with Crippen molar-refractivity contribution in [2.75, 3.05) is 16.4 Å². The summed E-state index contributed by atoms with van der Waals surface area (Å²) in [5, 5.41) is 0.684. The summed E-state index contributed by atoms with van der Waals surface area (Å²) in [6.07, 6.45) is 0. The number of anilines is 1. The van der Waals surface area contributed by atoms with E-state index in [0.717, 1.165) is 12.1 Å². The van der Waals surface area contributed by atoms with Gasteiger partial charge in [-0.25, -0.2) is 21.6 Å². The van der Waals surface area contributed by atoms with Gasteiger partial charge in [0.2, 0.25) is 0 Å². The minimum absolute atomic E-state index is 0.0717. The van der Waals surface area contributed by atoms with Gasteiger partial charge in [-0.2, -0.15) is 0 Å². The van der Waals surface area contributed by atoms with Crippen LogP contribution in [0.1, 0.15) is 5.56 Å². The van der Waals surface area contributed by atoms with Crippen LogP contribution in [0.25, 0.3) is 0 Å². The molecule has 2 aliphatic rings. The molecule has 2 aliphatic heterocycles. The van der Waals surface area contributed by atoms with Crippen LogP contribution in [0.15, 0.2) is 41.4 Å². The molecule has 0 amide bonds. The zero-order valence-corrected chi connectivity index (χ0v) is 16.7. The Bertz CT molecular complexity index is 1080. The first-order chi connectivity index (χ1) is 13.2. The van der Waals surface area contributed by atoms with Crippen LogP contribution in [0, 0.1) is 17.5 Å². The molecule has 0 radical (unpaired) electrons. The van der Waals surface area contributed by atoms with Gasteiger partial charge < -0.3 is 4.90 Å². The molecule has 4 nitrogen and oxygen atoms in total. The van der Waals surface area contributed by atoms with Gasteiger partial charge in [0.25, 0.3) is 0 Å². The Morgan fingerprint density at radius 1 is 1.11 bits per heavy atom. The zero-order valence-electron chi connectivity index (χ0n) is 14.3. The van der Waals surface area contributed by atoms with Gasteiger partial charge in [0.15, 0.2) is 15.0 Å². The molecule has 2 atom stereocenters. The van der Waals surface area contributed by atoms with Crippen molar-refractivity contribution in [3.8, 4) is 0 Å². The Labute approximate surface area is 169 Å². The number of benzene rings is 2. The van der Waals surface area contributed by atoms with Gasteiger partial charge in [0.05, 0.1) is 29.3 Å². The third-order valence-corrected chi connectivity index (χ3v) is 7.71. The fourth-order valence-electron chi connectivity index (χ4n) is 3.37. The van der Waals surface area contributed by atoms with Gasteiger partial charge in [-0.3, -0.25) is 4.99 Å². The first-order valence-corrected chi connectivity index (χ1v) is 11.5. The second kappa shape index (κ2) is 7.27. The Hall–Kier alpha value is -1.71. The molecule has 1 fully saturated rings. The van der Waals surface area contributed by atoms with E-state index in [1.807, 2.05) is 0 Å². The fourth-order valence-corrected chi connectivity index (χ4v) is 6.65. The topological polar surface area (TPSA) is 49.7 Å². The van der Waals surface area contributed by atoms with Crippen LogP contribution >= 0.6 is 23.4 Å². The molecule has 0 saturated carbocycles. The minimum Gasteiger partial charge on any atom is -0.312 e. The number of aliphatic imine (C=N–C) groups is 1. The normalized spacial score (nSPS) is 23.0. The van der Waals surface area contributed by atoms with Gasteiger partial charge in [-0.15, -0.1) is 0 Å². The Balaban J connectivity index is 1.65. The molecule has 2 aromatic rings. The van der Waals surface area contributed by atoms with Crippen LogP contribution in [-0.4, -0.2) is 37.2 Å². The molecule has 148 valence electrons. The SMILES string of the molecule is O=S1(=O)C[C@H]2N=C(SCc3ccc(F)cc3Cl)N(c3ccc(F)cc3F)[C@H]2C1. The van der Waals surface area contributed by atoms with Gasteiger partial charge in [0, 0.05) is 16.8 Å². The molecule has 0 unspecified atom stereocenters. The number of amidine groups is 1. The Morgan fingerprint density at radius 2 is 1.82 bits per heavy atom. The van der Waals surface area contributed by atoms with E-state index in [9.17, 15) is 21.6 Å². The van der Waals surface area contributed by atoms with Crippen LogP contribution < -0.4 is 4.90 Å². The number of hydrogen-bond donors (Lipinski definition) is 0. The predicted octanol–water partition coefficient (Wildman–Crippen LogP) is 4.03. The summed E-state index contributed by atoms with van der Waals surface area (Å²) in [6.45, 7) is 0. The molecule has 0 aliphatic carbocycles. The smallest absolute Gasteiger partial charge is 0.164 e. The van der Waals surface area contributed by atoms with E-state index in [1.54, 1.807) is 6.07 Å². The zero-order chi connectivity index (χ0) is 20.1. The second-order valence-electron chi connectivity index (χ2n) is 6.61. The standard InChI is InChI=1S/C18H14ClF3N2O2S2/c19-13-5-11(20)2-1-10(13)7-27-18-23-15-8-28(25,26)9-17(15)24(18)16-4-3-12(21)6-14(16)22/h1-6,15,17H,7-9H2/t15-,17+/m1/s1. The molecular weight excluding hydrogens is 433 g/mol. The van der Waals surface area contributed by atoms with E-state index in [4.69, 9.17) is 11.6 Å². The van der Waals surface area contributed by atoms with Crippen LogP contribution in [0.2, 0.25) is 5.02 Å². The molecule has 4 rings (SSSR count). The van der Waals surface area contributed by atoms with Gasteiger partial charge in [-0.05, 0) is 29.8 Å². The molecule has 2 aromatic carbocycles. The van der Waals surface area contributed by atoms with Crippen molar-refractivity contribution in [1.29, 1.82) is 0 Å². The maximum absolute atomic E-state index is 14.4. The lowest BCUT2D eigenvalue weighted by Gasteiger charge is -2.27. The monoisotopic (exact) mass is 446 g/mol. The third-order valence-electron chi connectivity index (χ3n) is 4.65. The number of nitrogens with zero attached hydrogens (tertiary/aromatic N) is 2. The highest BCUT2D eigenvalue weighted by molar-refractivity contribution is 8.13. The molecule has 1 saturated heterocycles. The average Bonchev–Trinajstić information content (AvgIpc) is 3.06. The minimum atomic E-state index is -3.29. The van der Waals surface area contributed by atoms with E-state index in [2.05, 4.69) is 4.99 Å². The third kappa shape index (κ3) is 3.75. The van der Waals surface area contributed by atoms with Gasteiger partial charge in [0.1, 0.15) is 17.5 Å². The van der Waals surface area contributed by atoms with E-state index in [-0.39, 0.29) is 22.2 Å². The van der Waals surface area contributed by atoms with Crippen molar-refractivity contribution < 1.29 is 21.6 Å². The van der Waals surface area contributed by atoms with Crippen LogP contribution in [-0.2, 0) is 15.6 Å². The summed E-state index contributed by atoms with van der Waals surface area (Å²) in [6, 6.07) is 6.13. The summed E-state index contributed by atoms with van der Waals surface area (Å²) in [4.78, 5) is 6.00. The quantitative estimate of drug-likeness (QED) is 0.714. The van der Waals surface area contributed by atoms with Crippen molar-refractivity contribution >= 4 is 44.1 Å². The van der Waals surface area contributed by atoms with Crippen molar-refractivity contribution in [2.45, 2.75) is 17.8 Å². The van der Waals surface area contributed by atoms with Crippen LogP contribution in [0.3, 0.4) is 0 Å². The average molecular weight is 447 g/mol. The summed E-state index contributed by atoms with van der Waals surface area (Å²) < 4.78 is 65.0. The van der Waals surface area contributed by atoms with Crippen molar-refractivity contribution in [1.82, 2.24) is 0 Å². The Kier molecular flexibility index (Phi) is 5.09. The largest absolute Gasteiger partial charge is 0.312 e. The number of hydrogen-bond acceptors (Lipinski definition) is 5. The lowest BCUT2D eigenvalue weighted by molar-refractivity contribution is 0.577. The highest BCUT2D eigenvalue weighted by Gasteiger charge is 2.47. The summed E-state index contributed by atoms with van der Waals surface area (Å²) in [7, 11) is -3.29. The van der Waals surface area contributed by atoms with E-state index < -0.39 is 39.4 Å².